The van der Waals surface area contributed by atoms with E-state index in [2.05, 4.69) is 34.0 Å². The number of nitrogens with zero attached hydrogens (tertiary/aromatic N) is 2. The Kier molecular flexibility index (Phi) is 5.79. The standard InChI is InChI=1S/C18H25FN4/c1-18(2,15-7-6-8-16(19)13-15)14-22-17(20-3)21-9-12-23-10-4-5-11-23/h4-8,10-11,13H,9,12,14H2,1-3H3,(H2,20,21,22). The molecule has 1 aromatic carbocycles. The fourth-order valence-corrected chi connectivity index (χ4v) is 2.36. The van der Waals surface area contributed by atoms with Crippen molar-refractivity contribution in [3.05, 3.63) is 60.2 Å². The van der Waals surface area contributed by atoms with Crippen LogP contribution < -0.4 is 10.6 Å². The first-order valence-electron chi connectivity index (χ1n) is 7.82. The lowest BCUT2D eigenvalue weighted by Crippen LogP contribution is -2.44. The lowest BCUT2D eigenvalue weighted by molar-refractivity contribution is 0.502. The van der Waals surface area contributed by atoms with Crippen molar-refractivity contribution >= 4 is 5.96 Å². The molecule has 0 aliphatic heterocycles. The van der Waals surface area contributed by atoms with E-state index in [-0.39, 0.29) is 11.2 Å². The van der Waals surface area contributed by atoms with Gasteiger partial charge in [-0.3, -0.25) is 4.99 Å². The van der Waals surface area contributed by atoms with Gasteiger partial charge in [-0.15, -0.1) is 0 Å². The van der Waals surface area contributed by atoms with Crippen molar-refractivity contribution < 1.29 is 4.39 Å². The summed E-state index contributed by atoms with van der Waals surface area (Å²) in [5.74, 6) is 0.548. The number of nitrogens with one attached hydrogen (secondary N) is 2. The molecule has 0 saturated heterocycles. The number of hydrogen-bond donors (Lipinski definition) is 2. The third-order valence-corrected chi connectivity index (χ3v) is 3.86. The summed E-state index contributed by atoms with van der Waals surface area (Å²) in [6.45, 7) is 6.50. The molecule has 0 spiro atoms. The van der Waals surface area contributed by atoms with Crippen LogP contribution in [0.15, 0.2) is 53.8 Å². The Bertz CT molecular complexity index is 632. The van der Waals surface area contributed by atoms with Crippen LogP contribution in [0.5, 0.6) is 0 Å². The van der Waals surface area contributed by atoms with Gasteiger partial charge in [0, 0.05) is 44.5 Å². The van der Waals surface area contributed by atoms with Crippen molar-refractivity contribution in [1.82, 2.24) is 15.2 Å². The van der Waals surface area contributed by atoms with E-state index in [9.17, 15) is 4.39 Å². The maximum absolute atomic E-state index is 13.4. The van der Waals surface area contributed by atoms with Crippen LogP contribution in [-0.4, -0.2) is 30.7 Å². The maximum atomic E-state index is 13.4. The third kappa shape index (κ3) is 5.13. The molecule has 0 aliphatic rings. The zero-order chi connectivity index (χ0) is 16.7. The molecule has 5 heteroatoms. The zero-order valence-electron chi connectivity index (χ0n) is 14.0. The second-order valence-electron chi connectivity index (χ2n) is 6.17. The van der Waals surface area contributed by atoms with Crippen LogP contribution in [0.3, 0.4) is 0 Å². The van der Waals surface area contributed by atoms with Crippen molar-refractivity contribution in [3.8, 4) is 0 Å². The van der Waals surface area contributed by atoms with Gasteiger partial charge in [0.1, 0.15) is 5.82 Å². The van der Waals surface area contributed by atoms with E-state index in [1.165, 1.54) is 6.07 Å². The lowest BCUT2D eigenvalue weighted by Gasteiger charge is -2.27. The Morgan fingerprint density at radius 3 is 2.57 bits per heavy atom. The molecule has 0 bridgehead atoms. The summed E-state index contributed by atoms with van der Waals surface area (Å²) in [5, 5.41) is 6.60. The molecule has 0 radical (unpaired) electrons. The molecule has 0 saturated carbocycles. The smallest absolute Gasteiger partial charge is 0.191 e. The predicted octanol–water partition coefficient (Wildman–Crippen LogP) is 2.77. The molecule has 2 aromatic rings. The molecule has 4 nitrogen and oxygen atoms in total. The van der Waals surface area contributed by atoms with Crippen molar-refractivity contribution in [2.75, 3.05) is 20.1 Å². The highest BCUT2D eigenvalue weighted by Crippen LogP contribution is 2.22. The Hall–Kier alpha value is -2.30. The van der Waals surface area contributed by atoms with Crippen LogP contribution in [0.2, 0.25) is 0 Å². The minimum atomic E-state index is -0.204. The average Bonchev–Trinajstić information content (AvgIpc) is 3.04. The molecular weight excluding hydrogens is 291 g/mol. The zero-order valence-corrected chi connectivity index (χ0v) is 14.0. The fourth-order valence-electron chi connectivity index (χ4n) is 2.36. The van der Waals surface area contributed by atoms with Crippen LogP contribution in [0.4, 0.5) is 4.39 Å². The summed E-state index contributed by atoms with van der Waals surface area (Å²) >= 11 is 0. The number of aliphatic imine (C=N–C) groups is 1. The molecule has 124 valence electrons. The summed E-state index contributed by atoms with van der Waals surface area (Å²) in [6.07, 6.45) is 4.07. The predicted molar refractivity (Wildman–Crippen MR) is 93.2 cm³/mol. The summed E-state index contributed by atoms with van der Waals surface area (Å²) in [6, 6.07) is 10.8. The van der Waals surface area contributed by atoms with Gasteiger partial charge in [0.05, 0.1) is 0 Å². The highest BCUT2D eigenvalue weighted by molar-refractivity contribution is 5.79. The molecule has 23 heavy (non-hydrogen) atoms. The normalized spacial score (nSPS) is 12.3. The van der Waals surface area contributed by atoms with Crippen molar-refractivity contribution in [2.45, 2.75) is 25.8 Å². The third-order valence-electron chi connectivity index (χ3n) is 3.86. The summed E-state index contributed by atoms with van der Waals surface area (Å²) in [5.41, 5.74) is 0.771. The molecule has 2 rings (SSSR count). The van der Waals surface area contributed by atoms with E-state index in [4.69, 9.17) is 0 Å². The van der Waals surface area contributed by atoms with Crippen molar-refractivity contribution in [3.63, 3.8) is 0 Å². The Morgan fingerprint density at radius 2 is 1.91 bits per heavy atom. The molecule has 0 atom stereocenters. The van der Waals surface area contributed by atoms with Gasteiger partial charge in [-0.2, -0.15) is 0 Å². The molecule has 0 aliphatic carbocycles. The van der Waals surface area contributed by atoms with Gasteiger partial charge in [-0.25, -0.2) is 4.39 Å². The second kappa shape index (κ2) is 7.81. The second-order valence-corrected chi connectivity index (χ2v) is 6.17. The summed E-state index contributed by atoms with van der Waals surface area (Å²) in [7, 11) is 1.75. The van der Waals surface area contributed by atoms with Gasteiger partial charge in [-0.05, 0) is 29.8 Å². The van der Waals surface area contributed by atoms with Crippen molar-refractivity contribution in [1.29, 1.82) is 0 Å². The number of guanidine groups is 1. The van der Waals surface area contributed by atoms with Crippen LogP contribution >= 0.6 is 0 Å². The summed E-state index contributed by atoms with van der Waals surface area (Å²) in [4.78, 5) is 4.23. The van der Waals surface area contributed by atoms with E-state index in [1.807, 2.05) is 30.6 Å². The Labute approximate surface area is 137 Å². The molecular formula is C18H25FN4. The van der Waals surface area contributed by atoms with E-state index < -0.39 is 0 Å². The number of hydrogen-bond acceptors (Lipinski definition) is 1. The van der Waals surface area contributed by atoms with E-state index >= 15 is 0 Å². The van der Waals surface area contributed by atoms with Gasteiger partial charge in [0.15, 0.2) is 5.96 Å². The van der Waals surface area contributed by atoms with Crippen LogP contribution in [0.1, 0.15) is 19.4 Å². The number of halogens is 1. The lowest BCUT2D eigenvalue weighted by atomic mass is 9.84. The highest BCUT2D eigenvalue weighted by atomic mass is 19.1. The first kappa shape index (κ1) is 17.1. The molecule has 0 fully saturated rings. The topological polar surface area (TPSA) is 41.4 Å². The molecule has 0 amide bonds. The monoisotopic (exact) mass is 316 g/mol. The van der Waals surface area contributed by atoms with Crippen molar-refractivity contribution in [2.24, 2.45) is 4.99 Å². The minimum Gasteiger partial charge on any atom is -0.356 e. The quantitative estimate of drug-likeness (QED) is 0.635. The number of rotatable bonds is 6. The Morgan fingerprint density at radius 1 is 1.17 bits per heavy atom. The van der Waals surface area contributed by atoms with E-state index in [0.29, 0.717) is 6.54 Å². The van der Waals surface area contributed by atoms with E-state index in [0.717, 1.165) is 24.6 Å². The number of aromatic nitrogens is 1. The van der Waals surface area contributed by atoms with Gasteiger partial charge < -0.3 is 15.2 Å². The van der Waals surface area contributed by atoms with Crippen LogP contribution in [-0.2, 0) is 12.0 Å². The highest BCUT2D eigenvalue weighted by Gasteiger charge is 2.21. The molecule has 1 aromatic heterocycles. The minimum absolute atomic E-state index is 0.194. The SMILES string of the molecule is CN=C(NCCn1cccc1)NCC(C)(C)c1cccc(F)c1. The molecule has 1 heterocycles. The maximum Gasteiger partial charge on any atom is 0.191 e. The fraction of sp³-hybridized carbons (Fsp3) is 0.389. The van der Waals surface area contributed by atoms with Gasteiger partial charge in [0.2, 0.25) is 0 Å². The van der Waals surface area contributed by atoms with E-state index in [1.54, 1.807) is 19.2 Å². The molecule has 2 N–H and O–H groups in total. The van der Waals surface area contributed by atoms with Gasteiger partial charge >= 0.3 is 0 Å². The average molecular weight is 316 g/mol. The first-order chi connectivity index (χ1) is 11.0. The number of benzene rings is 1. The molecule has 0 unspecified atom stereocenters. The van der Waals surface area contributed by atoms with Gasteiger partial charge in [0.25, 0.3) is 0 Å². The first-order valence-corrected chi connectivity index (χ1v) is 7.82. The summed E-state index contributed by atoms with van der Waals surface area (Å²) < 4.78 is 15.5. The van der Waals surface area contributed by atoms with Crippen LogP contribution in [0.25, 0.3) is 0 Å². The van der Waals surface area contributed by atoms with Gasteiger partial charge in [-0.1, -0.05) is 26.0 Å². The Balaban J connectivity index is 1.84. The van der Waals surface area contributed by atoms with Crippen LogP contribution in [0, 0.1) is 5.82 Å². The largest absolute Gasteiger partial charge is 0.356 e.